The van der Waals surface area contributed by atoms with Gasteiger partial charge in [-0.15, -0.1) is 0 Å². The molecule has 2 bridgehead atoms. The third kappa shape index (κ3) is 1.95. The van der Waals surface area contributed by atoms with Gasteiger partial charge in [-0.25, -0.2) is 4.98 Å². The van der Waals surface area contributed by atoms with Crippen molar-refractivity contribution in [2.45, 2.75) is 26.7 Å². The minimum Gasteiger partial charge on any atom is -0.248 e. The van der Waals surface area contributed by atoms with Gasteiger partial charge in [-0.05, 0) is 47.8 Å². The van der Waals surface area contributed by atoms with E-state index in [1.807, 2.05) is 6.07 Å². The number of pyridine rings is 1. The monoisotopic (exact) mass is 275 g/mol. The van der Waals surface area contributed by atoms with Gasteiger partial charge in [-0.3, -0.25) is 0 Å². The van der Waals surface area contributed by atoms with E-state index in [4.69, 9.17) is 4.98 Å². The van der Waals surface area contributed by atoms with Gasteiger partial charge in [0.15, 0.2) is 0 Å². The van der Waals surface area contributed by atoms with Crippen LogP contribution in [0.3, 0.4) is 0 Å². The number of aromatic nitrogens is 1. The summed E-state index contributed by atoms with van der Waals surface area (Å²) < 4.78 is 0. The fraction of sp³-hybridized carbons (Fsp3) is 0.350. The third-order valence-electron chi connectivity index (χ3n) is 5.58. The minimum absolute atomic E-state index is 0.453. The minimum atomic E-state index is 0.453. The summed E-state index contributed by atoms with van der Waals surface area (Å²) in [4.78, 5) is 4.94. The second-order valence-corrected chi connectivity index (χ2v) is 6.98. The lowest BCUT2D eigenvalue weighted by molar-refractivity contribution is 0.0111. The Morgan fingerprint density at radius 2 is 1.71 bits per heavy atom. The van der Waals surface area contributed by atoms with E-state index in [0.29, 0.717) is 11.3 Å². The lowest BCUT2D eigenvalue weighted by Gasteiger charge is -2.56. The fourth-order valence-electron chi connectivity index (χ4n) is 4.00. The van der Waals surface area contributed by atoms with E-state index < -0.39 is 0 Å². The van der Waals surface area contributed by atoms with Gasteiger partial charge in [-0.1, -0.05) is 56.3 Å². The predicted molar refractivity (Wildman–Crippen MR) is 87.6 cm³/mol. The molecule has 1 fully saturated rings. The molecule has 0 amide bonds. The molecule has 0 unspecified atom stereocenters. The van der Waals surface area contributed by atoms with Crippen LogP contribution in [0.2, 0.25) is 0 Å². The maximum Gasteiger partial charge on any atom is 0.0709 e. The van der Waals surface area contributed by atoms with Crippen molar-refractivity contribution in [2.24, 2.45) is 17.3 Å². The van der Waals surface area contributed by atoms with E-state index in [0.717, 1.165) is 11.6 Å². The molecule has 1 heteroatoms. The fourth-order valence-corrected chi connectivity index (χ4v) is 4.00. The molecule has 1 nitrogen and oxygen atoms in total. The molecule has 0 aliphatic heterocycles. The summed E-state index contributed by atoms with van der Waals surface area (Å²) >= 11 is 0. The normalized spacial score (nSPS) is 25.9. The van der Waals surface area contributed by atoms with E-state index in [2.05, 4.69) is 62.4 Å². The molecule has 5 rings (SSSR count). The zero-order valence-electron chi connectivity index (χ0n) is 12.7. The van der Waals surface area contributed by atoms with Gasteiger partial charge in [0.05, 0.1) is 11.4 Å². The Kier molecular flexibility index (Phi) is 2.78. The number of rotatable bonds is 2. The first-order valence-electron chi connectivity index (χ1n) is 7.89. The molecular formula is C20H21N. The number of allylic oxidation sites excluding steroid dienone is 2. The van der Waals surface area contributed by atoms with Crippen LogP contribution in [0.25, 0.3) is 16.8 Å². The SMILES string of the molecule is CC1(C)[C@H]2CC=C(c3cccc(-c4ccccc4)n3)[C@@H]1C2. The highest BCUT2D eigenvalue weighted by Crippen LogP contribution is 2.61. The topological polar surface area (TPSA) is 12.9 Å². The lowest BCUT2D eigenvalue weighted by Crippen LogP contribution is -2.47. The molecule has 0 spiro atoms. The molecule has 0 N–H and O–H groups in total. The Morgan fingerprint density at radius 3 is 2.43 bits per heavy atom. The van der Waals surface area contributed by atoms with Gasteiger partial charge in [0.25, 0.3) is 0 Å². The number of benzene rings is 1. The van der Waals surface area contributed by atoms with Crippen molar-refractivity contribution < 1.29 is 0 Å². The summed E-state index contributed by atoms with van der Waals surface area (Å²) in [7, 11) is 0. The van der Waals surface area contributed by atoms with E-state index in [-0.39, 0.29) is 0 Å². The molecule has 0 radical (unpaired) electrons. The van der Waals surface area contributed by atoms with Crippen molar-refractivity contribution in [1.29, 1.82) is 0 Å². The van der Waals surface area contributed by atoms with Crippen LogP contribution in [-0.4, -0.2) is 4.98 Å². The average Bonchev–Trinajstić information content (AvgIpc) is 2.55. The van der Waals surface area contributed by atoms with Crippen LogP contribution < -0.4 is 0 Å². The Labute approximate surface area is 126 Å². The van der Waals surface area contributed by atoms with Crippen LogP contribution in [0.1, 0.15) is 32.4 Å². The molecule has 1 heterocycles. The van der Waals surface area contributed by atoms with Gasteiger partial charge in [0.2, 0.25) is 0 Å². The molecule has 1 saturated carbocycles. The molecule has 2 atom stereocenters. The summed E-state index contributed by atoms with van der Waals surface area (Å²) in [5.74, 6) is 1.57. The zero-order valence-corrected chi connectivity index (χ0v) is 12.7. The van der Waals surface area contributed by atoms with E-state index >= 15 is 0 Å². The first kappa shape index (κ1) is 12.8. The molecule has 3 aliphatic carbocycles. The first-order chi connectivity index (χ1) is 10.2. The number of hydrogen-bond acceptors (Lipinski definition) is 1. The van der Waals surface area contributed by atoms with Gasteiger partial charge in [-0.2, -0.15) is 0 Å². The van der Waals surface area contributed by atoms with Crippen molar-refractivity contribution in [3.63, 3.8) is 0 Å². The molecule has 21 heavy (non-hydrogen) atoms. The van der Waals surface area contributed by atoms with E-state index in [1.54, 1.807) is 0 Å². The van der Waals surface area contributed by atoms with E-state index in [9.17, 15) is 0 Å². The van der Waals surface area contributed by atoms with Crippen LogP contribution in [-0.2, 0) is 0 Å². The van der Waals surface area contributed by atoms with Gasteiger partial charge < -0.3 is 0 Å². The van der Waals surface area contributed by atoms with Crippen LogP contribution in [0.15, 0.2) is 54.6 Å². The smallest absolute Gasteiger partial charge is 0.0709 e. The maximum atomic E-state index is 4.94. The molecular weight excluding hydrogens is 254 g/mol. The molecule has 0 saturated heterocycles. The predicted octanol–water partition coefficient (Wildman–Crippen LogP) is 5.20. The second-order valence-electron chi connectivity index (χ2n) is 6.98. The maximum absolute atomic E-state index is 4.94. The highest BCUT2D eigenvalue weighted by Gasteiger charge is 2.51. The summed E-state index contributed by atoms with van der Waals surface area (Å²) in [6, 6.07) is 16.9. The second kappa shape index (κ2) is 4.56. The van der Waals surface area contributed by atoms with Gasteiger partial charge in [0.1, 0.15) is 0 Å². The molecule has 106 valence electrons. The van der Waals surface area contributed by atoms with Crippen molar-refractivity contribution in [3.05, 3.63) is 60.3 Å². The molecule has 2 aromatic rings. The zero-order chi connectivity index (χ0) is 14.4. The van der Waals surface area contributed by atoms with Crippen molar-refractivity contribution in [2.75, 3.05) is 0 Å². The van der Waals surface area contributed by atoms with Crippen LogP contribution in [0.5, 0.6) is 0 Å². The Morgan fingerprint density at radius 1 is 0.952 bits per heavy atom. The number of nitrogens with zero attached hydrogens (tertiary/aromatic N) is 1. The largest absolute Gasteiger partial charge is 0.248 e. The highest BCUT2D eigenvalue weighted by atomic mass is 14.7. The quantitative estimate of drug-likeness (QED) is 0.734. The summed E-state index contributed by atoms with van der Waals surface area (Å²) in [5, 5.41) is 0. The first-order valence-corrected chi connectivity index (χ1v) is 7.89. The van der Waals surface area contributed by atoms with Crippen LogP contribution in [0.4, 0.5) is 0 Å². The van der Waals surface area contributed by atoms with Crippen molar-refractivity contribution >= 4 is 5.57 Å². The standard InChI is InChI=1S/C20H21N/c1-20(2)15-11-12-16(17(20)13-15)19-10-6-9-18(21-19)14-7-4-3-5-8-14/h3-10,12,15,17H,11,13H2,1-2H3/t15-,17-/m0/s1. The molecule has 3 aliphatic rings. The molecule has 1 aromatic carbocycles. The van der Waals surface area contributed by atoms with Crippen molar-refractivity contribution in [3.8, 4) is 11.3 Å². The Hall–Kier alpha value is -1.89. The lowest BCUT2D eigenvalue weighted by atomic mass is 9.48. The summed E-state index contributed by atoms with van der Waals surface area (Å²) in [6.07, 6.45) is 4.99. The summed E-state index contributed by atoms with van der Waals surface area (Å²) in [5.41, 5.74) is 5.37. The highest BCUT2D eigenvalue weighted by molar-refractivity contribution is 5.71. The van der Waals surface area contributed by atoms with Crippen LogP contribution >= 0.6 is 0 Å². The van der Waals surface area contributed by atoms with Gasteiger partial charge in [0, 0.05) is 5.56 Å². The van der Waals surface area contributed by atoms with E-state index in [1.165, 1.54) is 29.7 Å². The third-order valence-corrected chi connectivity index (χ3v) is 5.58. The average molecular weight is 275 g/mol. The van der Waals surface area contributed by atoms with Crippen LogP contribution in [0, 0.1) is 17.3 Å². The Bertz CT molecular complexity index is 697. The number of hydrogen-bond donors (Lipinski definition) is 0. The summed E-state index contributed by atoms with van der Waals surface area (Å²) in [6.45, 7) is 4.83. The number of fused-ring (bicyclic) bond motifs is 1. The Balaban J connectivity index is 1.73. The van der Waals surface area contributed by atoms with Gasteiger partial charge >= 0.3 is 0 Å². The van der Waals surface area contributed by atoms with Crippen molar-refractivity contribution in [1.82, 2.24) is 4.98 Å². The molecule has 1 aromatic heterocycles.